The lowest BCUT2D eigenvalue weighted by Gasteiger charge is -2.29. The molecule has 24 heavy (non-hydrogen) atoms. The van der Waals surface area contributed by atoms with Crippen molar-refractivity contribution in [1.29, 1.82) is 0 Å². The highest BCUT2D eigenvalue weighted by Crippen LogP contribution is 2.31. The number of para-hydroxylation sites is 1. The minimum absolute atomic E-state index is 0.0362. The minimum atomic E-state index is -4.13. The highest BCUT2D eigenvalue weighted by atomic mass is 32.2. The summed E-state index contributed by atoms with van der Waals surface area (Å²) in [5.74, 6) is -1.16. The van der Waals surface area contributed by atoms with Gasteiger partial charge in [-0.25, -0.2) is 21.2 Å². The maximum Gasteiger partial charge on any atom is 0.264 e. The molecule has 0 saturated heterocycles. The van der Waals surface area contributed by atoms with Gasteiger partial charge in [0.05, 0.1) is 22.4 Å². The van der Waals surface area contributed by atoms with Crippen molar-refractivity contribution in [2.24, 2.45) is 0 Å². The smallest absolute Gasteiger partial charge is 0.255 e. The fourth-order valence-electron chi connectivity index (χ4n) is 2.53. The van der Waals surface area contributed by atoms with Crippen molar-refractivity contribution >= 4 is 25.5 Å². The van der Waals surface area contributed by atoms with Crippen LogP contribution in [0.4, 0.5) is 10.1 Å². The Kier molecular flexibility index (Phi) is 4.18. The van der Waals surface area contributed by atoms with Crippen LogP contribution >= 0.6 is 0 Å². The highest BCUT2D eigenvalue weighted by molar-refractivity contribution is 7.95. The number of benzene rings is 2. The molecule has 2 aromatic rings. The van der Waals surface area contributed by atoms with Crippen LogP contribution in [-0.4, -0.2) is 28.6 Å². The van der Waals surface area contributed by atoms with Gasteiger partial charge in [-0.05, 0) is 30.3 Å². The topological polar surface area (TPSA) is 71.5 Å². The van der Waals surface area contributed by atoms with Crippen LogP contribution < -0.4 is 4.31 Å². The second kappa shape index (κ2) is 6.03. The number of anilines is 1. The zero-order chi connectivity index (χ0) is 17.4. The number of sulfone groups is 1. The molecule has 0 amide bonds. The van der Waals surface area contributed by atoms with Crippen molar-refractivity contribution < 1.29 is 21.2 Å². The molecular formula is C16H14FNO4S2. The van der Waals surface area contributed by atoms with Crippen LogP contribution in [-0.2, 0) is 19.9 Å². The Labute approximate surface area is 140 Å². The van der Waals surface area contributed by atoms with Gasteiger partial charge in [0.25, 0.3) is 10.0 Å². The Bertz CT molecular complexity index is 986. The highest BCUT2D eigenvalue weighted by Gasteiger charge is 2.37. The number of rotatable bonds is 4. The summed E-state index contributed by atoms with van der Waals surface area (Å²) in [7, 11) is -7.65. The molecule has 0 saturated carbocycles. The Morgan fingerprint density at radius 3 is 2.21 bits per heavy atom. The maximum absolute atomic E-state index is 14.3. The summed E-state index contributed by atoms with van der Waals surface area (Å²) in [5, 5.41) is 0.964. The first-order chi connectivity index (χ1) is 11.3. The number of nitrogens with zero attached hydrogens (tertiary/aromatic N) is 1. The molecule has 0 radical (unpaired) electrons. The van der Waals surface area contributed by atoms with Crippen molar-refractivity contribution in [3.63, 3.8) is 0 Å². The van der Waals surface area contributed by atoms with Gasteiger partial charge in [-0.3, -0.25) is 4.31 Å². The molecule has 1 heterocycles. The molecule has 0 aliphatic carbocycles. The van der Waals surface area contributed by atoms with Crippen LogP contribution in [0.2, 0.25) is 0 Å². The Balaban J connectivity index is 2.17. The van der Waals surface area contributed by atoms with Crippen molar-refractivity contribution in [3.05, 3.63) is 71.9 Å². The minimum Gasteiger partial charge on any atom is -0.255 e. The van der Waals surface area contributed by atoms with Gasteiger partial charge in [-0.2, -0.15) is 0 Å². The van der Waals surface area contributed by atoms with Gasteiger partial charge in [0.2, 0.25) is 0 Å². The molecule has 3 rings (SSSR count). The van der Waals surface area contributed by atoms with E-state index in [1.54, 1.807) is 18.2 Å². The van der Waals surface area contributed by atoms with E-state index in [4.69, 9.17) is 0 Å². The van der Waals surface area contributed by atoms with E-state index in [1.165, 1.54) is 36.4 Å². The van der Waals surface area contributed by atoms with Crippen molar-refractivity contribution in [1.82, 2.24) is 0 Å². The van der Waals surface area contributed by atoms with E-state index in [9.17, 15) is 21.2 Å². The summed E-state index contributed by atoms with van der Waals surface area (Å²) in [6, 6.07) is 11.9. The molecule has 1 aliphatic heterocycles. The average Bonchev–Trinajstić information content (AvgIpc) is 2.90. The van der Waals surface area contributed by atoms with Gasteiger partial charge in [0.15, 0.2) is 9.84 Å². The Hall–Kier alpha value is -2.19. The number of sulfonamides is 1. The maximum atomic E-state index is 14.3. The molecule has 5 nitrogen and oxygen atoms in total. The monoisotopic (exact) mass is 367 g/mol. The molecule has 1 unspecified atom stereocenters. The fraction of sp³-hybridized carbons (Fsp3) is 0.125. The van der Waals surface area contributed by atoms with Gasteiger partial charge in [-0.15, -0.1) is 0 Å². The van der Waals surface area contributed by atoms with E-state index in [-0.39, 0.29) is 10.6 Å². The first-order valence-corrected chi connectivity index (χ1v) is 10.2. The van der Waals surface area contributed by atoms with E-state index >= 15 is 0 Å². The molecule has 2 aromatic carbocycles. The SMILES string of the molecule is O=S1(=O)C=CC(N(c2ccccc2F)S(=O)(=O)c2ccccc2)C1. The lowest BCUT2D eigenvalue weighted by Crippen LogP contribution is -2.41. The zero-order valence-corrected chi connectivity index (χ0v) is 14.0. The molecule has 8 heteroatoms. The van der Waals surface area contributed by atoms with Crippen LogP contribution in [0.3, 0.4) is 0 Å². The molecule has 0 aromatic heterocycles. The van der Waals surface area contributed by atoms with E-state index in [0.29, 0.717) is 0 Å². The molecule has 0 spiro atoms. The van der Waals surface area contributed by atoms with Gasteiger partial charge in [-0.1, -0.05) is 30.3 Å². The molecule has 1 aliphatic rings. The van der Waals surface area contributed by atoms with Gasteiger partial charge >= 0.3 is 0 Å². The van der Waals surface area contributed by atoms with Gasteiger partial charge < -0.3 is 0 Å². The molecular weight excluding hydrogens is 353 g/mol. The second-order valence-electron chi connectivity index (χ2n) is 5.29. The predicted molar refractivity (Wildman–Crippen MR) is 89.2 cm³/mol. The third-order valence-corrected chi connectivity index (χ3v) is 6.83. The Morgan fingerprint density at radius 1 is 1.00 bits per heavy atom. The van der Waals surface area contributed by atoms with Crippen LogP contribution in [0.15, 0.2) is 71.0 Å². The van der Waals surface area contributed by atoms with Crippen molar-refractivity contribution in [2.75, 3.05) is 10.1 Å². The number of halogens is 1. The van der Waals surface area contributed by atoms with E-state index in [1.807, 2.05) is 0 Å². The Morgan fingerprint density at radius 2 is 1.62 bits per heavy atom. The van der Waals surface area contributed by atoms with Gasteiger partial charge in [0, 0.05) is 5.41 Å². The molecule has 0 bridgehead atoms. The molecule has 0 N–H and O–H groups in total. The lowest BCUT2D eigenvalue weighted by atomic mass is 10.2. The number of hydrogen-bond acceptors (Lipinski definition) is 4. The van der Waals surface area contributed by atoms with Crippen LogP contribution in [0.25, 0.3) is 0 Å². The predicted octanol–water partition coefficient (Wildman–Crippen LogP) is 2.33. The molecule has 1 atom stereocenters. The van der Waals surface area contributed by atoms with E-state index < -0.39 is 37.5 Å². The van der Waals surface area contributed by atoms with Crippen LogP contribution in [0.1, 0.15) is 0 Å². The standard InChI is InChI=1S/C16H14FNO4S2/c17-15-8-4-5-9-16(15)18(13-10-11-23(19,20)12-13)24(21,22)14-6-2-1-3-7-14/h1-11,13H,12H2. The van der Waals surface area contributed by atoms with E-state index in [2.05, 4.69) is 0 Å². The fourth-order valence-corrected chi connectivity index (χ4v) is 5.53. The second-order valence-corrected chi connectivity index (χ2v) is 9.04. The summed E-state index contributed by atoms with van der Waals surface area (Å²) in [6.07, 6.45) is 1.27. The summed E-state index contributed by atoms with van der Waals surface area (Å²) in [6.45, 7) is 0. The molecule has 0 fully saturated rings. The van der Waals surface area contributed by atoms with Crippen molar-refractivity contribution in [2.45, 2.75) is 10.9 Å². The molecule has 126 valence electrons. The third kappa shape index (κ3) is 3.07. The van der Waals surface area contributed by atoms with E-state index in [0.717, 1.165) is 15.8 Å². The van der Waals surface area contributed by atoms with Gasteiger partial charge in [0.1, 0.15) is 5.82 Å². The average molecular weight is 367 g/mol. The summed E-state index contributed by atoms with van der Waals surface area (Å²) in [5.41, 5.74) is -0.187. The largest absolute Gasteiger partial charge is 0.264 e. The summed E-state index contributed by atoms with van der Waals surface area (Å²) in [4.78, 5) is -0.0362. The first kappa shape index (κ1) is 16.7. The first-order valence-electron chi connectivity index (χ1n) is 7.06. The van der Waals surface area contributed by atoms with Crippen molar-refractivity contribution in [3.8, 4) is 0 Å². The lowest BCUT2D eigenvalue weighted by molar-refractivity contribution is 0.579. The van der Waals surface area contributed by atoms with Crippen LogP contribution in [0.5, 0.6) is 0 Å². The summed E-state index contributed by atoms with van der Waals surface area (Å²) < 4.78 is 64.6. The van der Waals surface area contributed by atoms with Crippen LogP contribution in [0, 0.1) is 5.82 Å². The third-order valence-electron chi connectivity index (χ3n) is 3.60. The quantitative estimate of drug-likeness (QED) is 0.832. The zero-order valence-electron chi connectivity index (χ0n) is 12.4. The number of hydrogen-bond donors (Lipinski definition) is 0. The summed E-state index contributed by atoms with van der Waals surface area (Å²) >= 11 is 0. The normalized spacial score (nSPS) is 19.3.